The van der Waals surface area contributed by atoms with E-state index in [-0.39, 0.29) is 12.0 Å². The Hall–Kier alpha value is -1.42. The van der Waals surface area contributed by atoms with E-state index in [1.54, 1.807) is 24.5 Å². The Morgan fingerprint density at radius 3 is 2.50 bits per heavy atom. The molecular weight excluding hydrogens is 228 g/mol. The van der Waals surface area contributed by atoms with Crippen molar-refractivity contribution in [2.45, 2.75) is 38.9 Å². The summed E-state index contributed by atoms with van der Waals surface area (Å²) in [5.41, 5.74) is 0.716. The molecule has 0 aromatic carbocycles. The van der Waals surface area contributed by atoms with E-state index in [2.05, 4.69) is 18.8 Å². The van der Waals surface area contributed by atoms with Crippen LogP contribution in [-0.4, -0.2) is 41.1 Å². The summed E-state index contributed by atoms with van der Waals surface area (Å²) in [7, 11) is 0. The highest BCUT2D eigenvalue weighted by Gasteiger charge is 2.24. The van der Waals surface area contributed by atoms with Crippen molar-refractivity contribution in [2.24, 2.45) is 0 Å². The molecule has 0 radical (unpaired) electrons. The van der Waals surface area contributed by atoms with Gasteiger partial charge in [0.15, 0.2) is 0 Å². The molecular formula is C14H20N2O2. The fourth-order valence-electron chi connectivity index (χ4n) is 2.26. The van der Waals surface area contributed by atoms with Gasteiger partial charge in [-0.15, -0.1) is 0 Å². The highest BCUT2D eigenvalue weighted by Crippen LogP contribution is 2.17. The highest BCUT2D eigenvalue weighted by atomic mass is 16.5. The van der Waals surface area contributed by atoms with Crippen LogP contribution in [0.2, 0.25) is 0 Å². The smallest absolute Gasteiger partial charge is 0.253 e. The van der Waals surface area contributed by atoms with Gasteiger partial charge in [-0.25, -0.2) is 0 Å². The summed E-state index contributed by atoms with van der Waals surface area (Å²) < 4.78 is 5.78. The van der Waals surface area contributed by atoms with E-state index in [1.165, 1.54) is 0 Å². The van der Waals surface area contributed by atoms with Gasteiger partial charge in [0.25, 0.3) is 5.91 Å². The number of piperidine rings is 1. The summed E-state index contributed by atoms with van der Waals surface area (Å²) in [6.07, 6.45) is 5.72. The molecule has 98 valence electrons. The maximum Gasteiger partial charge on any atom is 0.253 e. The summed E-state index contributed by atoms with van der Waals surface area (Å²) in [4.78, 5) is 18.0. The third kappa shape index (κ3) is 3.29. The van der Waals surface area contributed by atoms with Gasteiger partial charge >= 0.3 is 0 Å². The fraction of sp³-hybridized carbons (Fsp3) is 0.571. The zero-order valence-corrected chi connectivity index (χ0v) is 11.0. The van der Waals surface area contributed by atoms with Crippen LogP contribution >= 0.6 is 0 Å². The number of amides is 1. The second-order valence-corrected chi connectivity index (χ2v) is 4.91. The Morgan fingerprint density at radius 1 is 1.33 bits per heavy atom. The van der Waals surface area contributed by atoms with Crippen molar-refractivity contribution >= 4 is 5.91 Å². The van der Waals surface area contributed by atoms with E-state index in [0.29, 0.717) is 11.7 Å². The lowest BCUT2D eigenvalue weighted by Crippen LogP contribution is -2.41. The Balaban J connectivity index is 1.88. The van der Waals surface area contributed by atoms with Crippen LogP contribution in [0.15, 0.2) is 24.5 Å². The quantitative estimate of drug-likeness (QED) is 0.822. The van der Waals surface area contributed by atoms with Gasteiger partial charge in [0.1, 0.15) is 0 Å². The maximum atomic E-state index is 12.2. The van der Waals surface area contributed by atoms with Crippen molar-refractivity contribution in [3.63, 3.8) is 0 Å². The van der Waals surface area contributed by atoms with Crippen LogP contribution in [-0.2, 0) is 4.74 Å². The van der Waals surface area contributed by atoms with Crippen LogP contribution < -0.4 is 0 Å². The summed E-state index contributed by atoms with van der Waals surface area (Å²) >= 11 is 0. The molecule has 1 amide bonds. The van der Waals surface area contributed by atoms with Gasteiger partial charge in [0.05, 0.1) is 12.2 Å². The molecule has 4 nitrogen and oxygen atoms in total. The standard InChI is InChI=1S/C14H20N2O2/c1-11(2)18-13-5-9-16(10-6-13)14(17)12-3-7-15-8-4-12/h3-4,7-8,11,13H,5-6,9-10H2,1-2H3. The normalized spacial score (nSPS) is 17.2. The number of pyridine rings is 1. The van der Waals surface area contributed by atoms with Crippen LogP contribution in [0.25, 0.3) is 0 Å². The Kier molecular flexibility index (Phi) is 4.31. The third-order valence-electron chi connectivity index (χ3n) is 3.12. The SMILES string of the molecule is CC(C)OC1CCN(C(=O)c2ccncc2)CC1. The number of carbonyl (C=O) groups excluding carboxylic acids is 1. The molecule has 2 heterocycles. The lowest BCUT2D eigenvalue weighted by molar-refractivity contribution is -0.0236. The minimum absolute atomic E-state index is 0.0976. The monoisotopic (exact) mass is 248 g/mol. The van der Waals surface area contributed by atoms with Crippen LogP contribution in [0.4, 0.5) is 0 Å². The number of ether oxygens (including phenoxy) is 1. The molecule has 0 spiro atoms. The summed E-state index contributed by atoms with van der Waals surface area (Å²) in [5.74, 6) is 0.0976. The number of carbonyl (C=O) groups is 1. The fourth-order valence-corrected chi connectivity index (χ4v) is 2.26. The second kappa shape index (κ2) is 5.96. The number of rotatable bonds is 3. The molecule has 18 heavy (non-hydrogen) atoms. The van der Waals surface area contributed by atoms with E-state index in [0.717, 1.165) is 25.9 Å². The predicted molar refractivity (Wildman–Crippen MR) is 69.4 cm³/mol. The second-order valence-electron chi connectivity index (χ2n) is 4.91. The third-order valence-corrected chi connectivity index (χ3v) is 3.12. The van der Waals surface area contributed by atoms with Gasteiger partial charge < -0.3 is 9.64 Å². The van der Waals surface area contributed by atoms with Crippen molar-refractivity contribution in [3.8, 4) is 0 Å². The minimum Gasteiger partial charge on any atom is -0.375 e. The molecule has 4 heteroatoms. The van der Waals surface area contributed by atoms with Gasteiger partial charge in [-0.05, 0) is 38.8 Å². The Morgan fingerprint density at radius 2 is 1.94 bits per heavy atom. The lowest BCUT2D eigenvalue weighted by Gasteiger charge is -2.32. The van der Waals surface area contributed by atoms with Crippen molar-refractivity contribution in [1.82, 2.24) is 9.88 Å². The molecule has 0 N–H and O–H groups in total. The average Bonchev–Trinajstić information content (AvgIpc) is 2.39. The van der Waals surface area contributed by atoms with Gasteiger partial charge in [-0.2, -0.15) is 0 Å². The topological polar surface area (TPSA) is 42.4 Å². The van der Waals surface area contributed by atoms with Crippen molar-refractivity contribution < 1.29 is 9.53 Å². The lowest BCUT2D eigenvalue weighted by atomic mass is 10.1. The van der Waals surface area contributed by atoms with Gasteiger partial charge in [-0.3, -0.25) is 9.78 Å². The molecule has 0 aliphatic carbocycles. The van der Waals surface area contributed by atoms with E-state index < -0.39 is 0 Å². The Bertz CT molecular complexity index is 384. The summed E-state index contributed by atoms with van der Waals surface area (Å²) in [6, 6.07) is 3.53. The van der Waals surface area contributed by atoms with Gasteiger partial charge in [0.2, 0.25) is 0 Å². The Labute approximate surface area is 108 Å². The first-order chi connectivity index (χ1) is 8.66. The predicted octanol–water partition coefficient (Wildman–Crippen LogP) is 2.11. The first-order valence-corrected chi connectivity index (χ1v) is 6.51. The molecule has 0 bridgehead atoms. The van der Waals surface area contributed by atoms with E-state index >= 15 is 0 Å². The maximum absolute atomic E-state index is 12.2. The van der Waals surface area contributed by atoms with E-state index in [9.17, 15) is 4.79 Å². The van der Waals surface area contributed by atoms with Crippen molar-refractivity contribution in [2.75, 3.05) is 13.1 Å². The van der Waals surface area contributed by atoms with Crippen LogP contribution in [0.5, 0.6) is 0 Å². The summed E-state index contributed by atoms with van der Waals surface area (Å²) in [6.45, 7) is 5.65. The van der Waals surface area contributed by atoms with Crippen molar-refractivity contribution in [1.29, 1.82) is 0 Å². The molecule has 1 aliphatic rings. The molecule has 1 aromatic rings. The van der Waals surface area contributed by atoms with Crippen LogP contribution in [0.3, 0.4) is 0 Å². The minimum atomic E-state index is 0.0976. The zero-order chi connectivity index (χ0) is 13.0. The molecule has 2 rings (SSSR count). The molecule has 1 aromatic heterocycles. The zero-order valence-electron chi connectivity index (χ0n) is 11.0. The van der Waals surface area contributed by atoms with Gasteiger partial charge in [0, 0.05) is 31.0 Å². The van der Waals surface area contributed by atoms with E-state index in [1.807, 2.05) is 4.90 Å². The van der Waals surface area contributed by atoms with Crippen LogP contribution in [0.1, 0.15) is 37.0 Å². The average molecular weight is 248 g/mol. The molecule has 1 fully saturated rings. The number of likely N-dealkylation sites (tertiary alicyclic amines) is 1. The molecule has 1 aliphatic heterocycles. The highest BCUT2D eigenvalue weighted by molar-refractivity contribution is 5.94. The van der Waals surface area contributed by atoms with E-state index in [4.69, 9.17) is 4.74 Å². The first kappa shape index (κ1) is 13.0. The number of hydrogen-bond acceptors (Lipinski definition) is 3. The molecule has 0 unspecified atom stereocenters. The van der Waals surface area contributed by atoms with Gasteiger partial charge in [-0.1, -0.05) is 0 Å². The molecule has 1 saturated heterocycles. The number of hydrogen-bond donors (Lipinski definition) is 0. The number of aromatic nitrogens is 1. The largest absolute Gasteiger partial charge is 0.375 e. The molecule has 0 saturated carbocycles. The number of nitrogens with zero attached hydrogens (tertiary/aromatic N) is 2. The van der Waals surface area contributed by atoms with Crippen molar-refractivity contribution in [3.05, 3.63) is 30.1 Å². The van der Waals surface area contributed by atoms with Crippen LogP contribution in [0, 0.1) is 0 Å². The molecule has 0 atom stereocenters. The first-order valence-electron chi connectivity index (χ1n) is 6.51. The summed E-state index contributed by atoms with van der Waals surface area (Å²) in [5, 5.41) is 0.